The highest BCUT2D eigenvalue weighted by Gasteiger charge is 2.53. The van der Waals surface area contributed by atoms with Gasteiger partial charge < -0.3 is 13.6 Å². The van der Waals surface area contributed by atoms with Crippen LogP contribution < -0.4 is 0 Å². The number of carbonyl (C=O) groups is 1. The molecule has 1 unspecified atom stereocenters. The van der Waals surface area contributed by atoms with Crippen LogP contribution in [-0.4, -0.2) is 60.8 Å². The van der Waals surface area contributed by atoms with Gasteiger partial charge >= 0.3 is 5.97 Å². The Kier molecular flexibility index (Phi) is 12.0. The molecule has 0 radical (unpaired) electrons. The molecule has 3 aliphatic carbocycles. The van der Waals surface area contributed by atoms with Gasteiger partial charge in [-0.2, -0.15) is 0 Å². The maximum Gasteiger partial charge on any atom is 0.305 e. The number of allylic oxidation sites excluding steroid dienone is 1. The van der Waals surface area contributed by atoms with Crippen LogP contribution in [0, 0.1) is 23.2 Å². The van der Waals surface area contributed by atoms with Gasteiger partial charge in [0.25, 0.3) is 0 Å². The van der Waals surface area contributed by atoms with Crippen molar-refractivity contribution in [2.75, 3.05) is 12.4 Å². The molecule has 0 aromatic heterocycles. The van der Waals surface area contributed by atoms with Crippen molar-refractivity contribution in [2.24, 2.45) is 23.2 Å². The third kappa shape index (κ3) is 8.31. The van der Waals surface area contributed by atoms with Crippen LogP contribution in [0.5, 0.6) is 0 Å². The molecule has 1 heterocycles. The van der Waals surface area contributed by atoms with Gasteiger partial charge in [0.05, 0.1) is 24.6 Å². The minimum Gasteiger partial charge on any atom is -0.466 e. The summed E-state index contributed by atoms with van der Waals surface area (Å²) in [6.07, 6.45) is 11.4. The number of fused-ring (bicyclic) bond motifs is 1. The first-order valence-electron chi connectivity index (χ1n) is 19.1. The highest BCUT2D eigenvalue weighted by molar-refractivity contribution is 7.92. The summed E-state index contributed by atoms with van der Waals surface area (Å²) in [6.45, 7) is 29.9. The molecule has 0 bridgehead atoms. The monoisotopic (exact) mass is 722 g/mol. The summed E-state index contributed by atoms with van der Waals surface area (Å²) in [5.41, 5.74) is 3.66. The Bertz CT molecular complexity index is 1350. The highest BCUT2D eigenvalue weighted by atomic mass is 32.2. The first kappa shape index (κ1) is 40.0. The minimum absolute atomic E-state index is 0.0291. The van der Waals surface area contributed by atoms with E-state index < -0.39 is 31.7 Å². The fourth-order valence-corrected chi connectivity index (χ4v) is 13.7. The SMILES string of the molecule is CCOC(=O)CCC[C@@H](C)[C@H]1CC[C@H]2/C(=C/C3C4=C(CS3(=O)=O)[C@@H](O[Si](C)(C)C(C)(C)C)C[C@H](O[Si](C)(C)C(C)(C)C)C4)CCC[C@]12C. The molecule has 0 spiro atoms. The van der Waals surface area contributed by atoms with Crippen molar-refractivity contribution in [3.8, 4) is 0 Å². The van der Waals surface area contributed by atoms with Crippen molar-refractivity contribution < 1.29 is 26.8 Å². The van der Waals surface area contributed by atoms with Gasteiger partial charge in [-0.25, -0.2) is 8.42 Å². The van der Waals surface area contributed by atoms with Crippen molar-refractivity contribution in [1.29, 1.82) is 0 Å². The van der Waals surface area contributed by atoms with Crippen molar-refractivity contribution in [1.82, 2.24) is 0 Å². The fourth-order valence-electron chi connectivity index (χ4n) is 9.01. The van der Waals surface area contributed by atoms with Crippen LogP contribution in [0.25, 0.3) is 0 Å². The molecule has 6 nitrogen and oxygen atoms in total. The molecule has 276 valence electrons. The number of rotatable bonds is 11. The Labute approximate surface area is 296 Å². The fraction of sp³-hybridized carbons (Fsp3) is 0.872. The van der Waals surface area contributed by atoms with E-state index in [-0.39, 0.29) is 39.4 Å². The van der Waals surface area contributed by atoms with Crippen LogP contribution in [-0.2, 0) is 28.2 Å². The van der Waals surface area contributed by atoms with Crippen molar-refractivity contribution in [3.63, 3.8) is 0 Å². The molecule has 2 saturated carbocycles. The van der Waals surface area contributed by atoms with E-state index in [9.17, 15) is 13.2 Å². The molecule has 4 rings (SSSR count). The van der Waals surface area contributed by atoms with Gasteiger partial charge in [0, 0.05) is 12.8 Å². The summed E-state index contributed by atoms with van der Waals surface area (Å²) < 4.78 is 47.8. The molecule has 2 fully saturated rings. The van der Waals surface area contributed by atoms with E-state index in [1.165, 1.54) is 18.4 Å². The van der Waals surface area contributed by atoms with Gasteiger partial charge in [0.2, 0.25) is 0 Å². The molecule has 0 aromatic carbocycles. The number of esters is 1. The first-order chi connectivity index (χ1) is 21.9. The summed E-state index contributed by atoms with van der Waals surface area (Å²) in [6, 6.07) is 0. The first-order valence-corrected chi connectivity index (χ1v) is 26.6. The van der Waals surface area contributed by atoms with Crippen LogP contribution in [0.15, 0.2) is 22.8 Å². The molecule has 0 aromatic rings. The second kappa shape index (κ2) is 14.3. The molecular weight excluding hydrogens is 653 g/mol. The molecule has 0 N–H and O–H groups in total. The number of ether oxygens (including phenoxy) is 1. The van der Waals surface area contributed by atoms with Gasteiger partial charge in [-0.05, 0) is 129 Å². The van der Waals surface area contributed by atoms with Crippen LogP contribution in [0.2, 0.25) is 36.3 Å². The van der Waals surface area contributed by atoms with Crippen molar-refractivity contribution in [3.05, 3.63) is 22.8 Å². The Morgan fingerprint density at radius 2 is 1.62 bits per heavy atom. The van der Waals surface area contributed by atoms with Crippen molar-refractivity contribution in [2.45, 2.75) is 180 Å². The molecule has 48 heavy (non-hydrogen) atoms. The second-order valence-electron chi connectivity index (χ2n) is 19.1. The number of sulfone groups is 1. The van der Waals surface area contributed by atoms with Crippen LogP contribution in [0.3, 0.4) is 0 Å². The van der Waals surface area contributed by atoms with E-state index in [0.29, 0.717) is 37.2 Å². The summed E-state index contributed by atoms with van der Waals surface area (Å²) in [7, 11) is -7.65. The number of hydrogen-bond acceptors (Lipinski definition) is 6. The summed E-state index contributed by atoms with van der Waals surface area (Å²) >= 11 is 0. The van der Waals surface area contributed by atoms with E-state index >= 15 is 0 Å². The van der Waals surface area contributed by atoms with Gasteiger partial charge in [0.15, 0.2) is 26.5 Å². The van der Waals surface area contributed by atoms with Crippen LogP contribution >= 0.6 is 0 Å². The van der Waals surface area contributed by atoms with Gasteiger partial charge in [-0.1, -0.05) is 67.0 Å². The van der Waals surface area contributed by atoms with Crippen LogP contribution in [0.1, 0.15) is 127 Å². The predicted molar refractivity (Wildman–Crippen MR) is 204 cm³/mol. The maximum absolute atomic E-state index is 14.2. The molecule has 7 atom stereocenters. The highest BCUT2D eigenvalue weighted by Crippen LogP contribution is 2.60. The lowest BCUT2D eigenvalue weighted by molar-refractivity contribution is -0.143. The summed E-state index contributed by atoms with van der Waals surface area (Å²) in [5, 5.41) is -0.467. The second-order valence-corrected chi connectivity index (χ2v) is 30.7. The van der Waals surface area contributed by atoms with Crippen LogP contribution in [0.4, 0.5) is 0 Å². The van der Waals surface area contributed by atoms with E-state index in [1.807, 2.05) is 6.92 Å². The minimum atomic E-state index is -3.39. The van der Waals surface area contributed by atoms with E-state index in [0.717, 1.165) is 49.7 Å². The molecule has 0 saturated heterocycles. The number of carbonyl (C=O) groups excluding carboxylic acids is 1. The Balaban J connectivity index is 1.64. The summed E-state index contributed by atoms with van der Waals surface area (Å²) in [4.78, 5) is 12.0. The topological polar surface area (TPSA) is 78.9 Å². The van der Waals surface area contributed by atoms with Gasteiger partial charge in [0.1, 0.15) is 5.25 Å². The maximum atomic E-state index is 14.2. The zero-order valence-electron chi connectivity index (χ0n) is 32.9. The quantitative estimate of drug-likeness (QED) is 0.120. The normalized spacial score (nSPS) is 32.7. The molecule has 0 amide bonds. The third-order valence-corrected chi connectivity index (χ3v) is 24.7. The lowest BCUT2D eigenvalue weighted by Gasteiger charge is -2.45. The zero-order chi connectivity index (χ0) is 36.1. The Morgan fingerprint density at radius 1 is 1.00 bits per heavy atom. The largest absolute Gasteiger partial charge is 0.466 e. The van der Waals surface area contributed by atoms with E-state index in [2.05, 4.69) is 87.7 Å². The molecule has 9 heteroatoms. The average Bonchev–Trinajstić information content (AvgIpc) is 3.41. The Morgan fingerprint density at radius 3 is 2.23 bits per heavy atom. The third-order valence-electron chi connectivity index (χ3n) is 13.8. The van der Waals surface area contributed by atoms with Crippen molar-refractivity contribution >= 4 is 32.4 Å². The van der Waals surface area contributed by atoms with Gasteiger partial charge in [-0.3, -0.25) is 4.79 Å². The molecular formula is C39H70O6SSi2. The summed E-state index contributed by atoms with van der Waals surface area (Å²) in [5.74, 6) is 1.56. The molecule has 4 aliphatic rings. The predicted octanol–water partition coefficient (Wildman–Crippen LogP) is 10.2. The van der Waals surface area contributed by atoms with E-state index in [1.54, 1.807) is 0 Å². The average molecular weight is 723 g/mol. The molecule has 1 aliphatic heterocycles. The standard InChI is InChI=1S/C39H70O6SSi2/c1-14-43-36(40)19-15-17-27(2)32-20-21-33-28(18-16-22-39(32,33)9)23-35-30-24-29(44-47(10,11)37(3,4)5)25-34(31(30)26-46(35,41)42)45-48(12,13)38(6,7)8/h23,27,29,32-35H,14-22,24-26H2,1-13H3/b28-23+/t27-,29-,32-,33+,34+,35?,39-/m1/s1. The number of hydrogen-bond donors (Lipinski definition) is 0. The zero-order valence-corrected chi connectivity index (χ0v) is 35.7. The lowest BCUT2D eigenvalue weighted by atomic mass is 9.60. The smallest absolute Gasteiger partial charge is 0.305 e. The Hall–Kier alpha value is -0.746. The van der Waals surface area contributed by atoms with Gasteiger partial charge in [-0.15, -0.1) is 0 Å². The lowest BCUT2D eigenvalue weighted by Crippen LogP contribution is -2.49. The van der Waals surface area contributed by atoms with E-state index in [4.69, 9.17) is 13.6 Å².